The number of nitrogens with one attached hydrogen (secondary N) is 1. The summed E-state index contributed by atoms with van der Waals surface area (Å²) in [6, 6.07) is 5.57. The van der Waals surface area contributed by atoms with Crippen molar-refractivity contribution in [2.45, 2.75) is 45.6 Å². The molecule has 1 aliphatic rings. The SMILES string of the molecule is Cc1ccc(F)c(OCCNC2CCC(C)CC2)c1. The predicted octanol–water partition coefficient (Wildman–Crippen LogP) is 3.68. The Morgan fingerprint density at radius 2 is 2.00 bits per heavy atom. The fourth-order valence-corrected chi connectivity index (χ4v) is 2.61. The summed E-state index contributed by atoms with van der Waals surface area (Å²) < 4.78 is 18.9. The van der Waals surface area contributed by atoms with E-state index in [-0.39, 0.29) is 5.82 Å². The van der Waals surface area contributed by atoms with Gasteiger partial charge >= 0.3 is 0 Å². The molecule has 1 aromatic rings. The van der Waals surface area contributed by atoms with Crippen LogP contribution in [0.4, 0.5) is 4.39 Å². The van der Waals surface area contributed by atoms with Crippen LogP contribution in [0.2, 0.25) is 0 Å². The first kappa shape index (κ1) is 14.3. The van der Waals surface area contributed by atoms with Crippen LogP contribution in [-0.4, -0.2) is 19.2 Å². The fourth-order valence-electron chi connectivity index (χ4n) is 2.61. The maximum atomic E-state index is 13.4. The Morgan fingerprint density at radius 3 is 2.74 bits per heavy atom. The lowest BCUT2D eigenvalue weighted by atomic mass is 9.87. The van der Waals surface area contributed by atoms with Crippen LogP contribution in [0, 0.1) is 18.7 Å². The smallest absolute Gasteiger partial charge is 0.165 e. The minimum absolute atomic E-state index is 0.280. The van der Waals surface area contributed by atoms with Crippen LogP contribution in [-0.2, 0) is 0 Å². The molecular weight excluding hydrogens is 241 g/mol. The van der Waals surface area contributed by atoms with Crippen molar-refractivity contribution in [3.8, 4) is 5.75 Å². The minimum Gasteiger partial charge on any atom is -0.489 e. The highest BCUT2D eigenvalue weighted by Crippen LogP contribution is 2.23. The van der Waals surface area contributed by atoms with Gasteiger partial charge in [0.15, 0.2) is 11.6 Å². The molecule has 1 aromatic carbocycles. The van der Waals surface area contributed by atoms with Crippen molar-refractivity contribution < 1.29 is 9.13 Å². The second kappa shape index (κ2) is 6.90. The van der Waals surface area contributed by atoms with E-state index in [0.29, 0.717) is 18.4 Å². The van der Waals surface area contributed by atoms with E-state index in [1.54, 1.807) is 12.1 Å². The Labute approximate surface area is 115 Å². The molecule has 19 heavy (non-hydrogen) atoms. The molecule has 0 aliphatic heterocycles. The normalized spacial score (nSPS) is 23.3. The number of halogens is 1. The molecule has 0 bridgehead atoms. The monoisotopic (exact) mass is 265 g/mol. The van der Waals surface area contributed by atoms with E-state index in [0.717, 1.165) is 18.0 Å². The molecule has 106 valence electrons. The molecule has 1 saturated carbocycles. The molecule has 1 N–H and O–H groups in total. The molecule has 2 nitrogen and oxygen atoms in total. The van der Waals surface area contributed by atoms with Crippen molar-refractivity contribution in [1.29, 1.82) is 0 Å². The third-order valence-electron chi connectivity index (χ3n) is 3.90. The summed E-state index contributed by atoms with van der Waals surface area (Å²) in [6.45, 7) is 5.56. The maximum Gasteiger partial charge on any atom is 0.165 e. The van der Waals surface area contributed by atoms with Crippen molar-refractivity contribution >= 4 is 0 Å². The molecule has 1 fully saturated rings. The number of ether oxygens (including phenoxy) is 1. The lowest BCUT2D eigenvalue weighted by molar-refractivity contribution is 0.264. The van der Waals surface area contributed by atoms with Crippen LogP contribution in [0.25, 0.3) is 0 Å². The fraction of sp³-hybridized carbons (Fsp3) is 0.625. The van der Waals surface area contributed by atoms with E-state index in [2.05, 4.69) is 12.2 Å². The number of aryl methyl sites for hydroxylation is 1. The third kappa shape index (κ3) is 4.50. The molecule has 0 aromatic heterocycles. The average molecular weight is 265 g/mol. The summed E-state index contributed by atoms with van der Waals surface area (Å²) in [4.78, 5) is 0. The van der Waals surface area contributed by atoms with Gasteiger partial charge in [-0.2, -0.15) is 0 Å². The zero-order valence-electron chi connectivity index (χ0n) is 11.9. The largest absolute Gasteiger partial charge is 0.489 e. The van der Waals surface area contributed by atoms with Gasteiger partial charge in [0.25, 0.3) is 0 Å². The molecule has 3 heteroatoms. The Bertz CT molecular complexity index is 400. The molecule has 0 amide bonds. The number of hydrogen-bond acceptors (Lipinski definition) is 2. The van der Waals surface area contributed by atoms with Crippen LogP contribution in [0.15, 0.2) is 18.2 Å². The Balaban J connectivity index is 1.68. The van der Waals surface area contributed by atoms with Crippen molar-refractivity contribution in [2.24, 2.45) is 5.92 Å². The first-order valence-electron chi connectivity index (χ1n) is 7.27. The van der Waals surface area contributed by atoms with Gasteiger partial charge in [-0.3, -0.25) is 0 Å². The van der Waals surface area contributed by atoms with Crippen LogP contribution in [0.3, 0.4) is 0 Å². The quantitative estimate of drug-likeness (QED) is 0.820. The van der Waals surface area contributed by atoms with Gasteiger partial charge in [-0.1, -0.05) is 13.0 Å². The average Bonchev–Trinajstić information content (AvgIpc) is 2.40. The molecule has 0 radical (unpaired) electrons. The van der Waals surface area contributed by atoms with Gasteiger partial charge in [0.05, 0.1) is 0 Å². The van der Waals surface area contributed by atoms with Gasteiger partial charge < -0.3 is 10.1 Å². The van der Waals surface area contributed by atoms with E-state index in [1.165, 1.54) is 31.7 Å². The molecule has 0 heterocycles. The van der Waals surface area contributed by atoms with Crippen molar-refractivity contribution in [2.75, 3.05) is 13.2 Å². The summed E-state index contributed by atoms with van der Waals surface area (Å²) in [7, 11) is 0. The molecule has 2 rings (SSSR count). The highest BCUT2D eigenvalue weighted by molar-refractivity contribution is 5.29. The number of benzene rings is 1. The van der Waals surface area contributed by atoms with E-state index < -0.39 is 0 Å². The van der Waals surface area contributed by atoms with Gasteiger partial charge in [0.2, 0.25) is 0 Å². The Morgan fingerprint density at radius 1 is 1.26 bits per heavy atom. The molecule has 1 aliphatic carbocycles. The predicted molar refractivity (Wildman–Crippen MR) is 76.1 cm³/mol. The summed E-state index contributed by atoms with van der Waals surface area (Å²) in [5, 5.41) is 3.50. The number of hydrogen-bond donors (Lipinski definition) is 1. The maximum absolute atomic E-state index is 13.4. The van der Waals surface area contributed by atoms with Gasteiger partial charge in [0, 0.05) is 12.6 Å². The molecule has 0 saturated heterocycles. The number of rotatable bonds is 5. The van der Waals surface area contributed by atoms with Crippen LogP contribution in [0.1, 0.15) is 38.2 Å². The van der Waals surface area contributed by atoms with E-state index >= 15 is 0 Å². The van der Waals surface area contributed by atoms with Crippen molar-refractivity contribution in [1.82, 2.24) is 5.32 Å². The zero-order valence-corrected chi connectivity index (χ0v) is 11.9. The highest BCUT2D eigenvalue weighted by Gasteiger charge is 2.17. The molecule has 0 unspecified atom stereocenters. The van der Waals surface area contributed by atoms with Crippen molar-refractivity contribution in [3.05, 3.63) is 29.6 Å². The molecule has 0 spiro atoms. The van der Waals surface area contributed by atoms with Gasteiger partial charge in [0.1, 0.15) is 6.61 Å². The second-order valence-corrected chi connectivity index (χ2v) is 5.69. The highest BCUT2D eigenvalue weighted by atomic mass is 19.1. The first-order valence-corrected chi connectivity index (χ1v) is 7.27. The second-order valence-electron chi connectivity index (χ2n) is 5.69. The summed E-state index contributed by atoms with van der Waals surface area (Å²) >= 11 is 0. The topological polar surface area (TPSA) is 21.3 Å². The summed E-state index contributed by atoms with van der Waals surface area (Å²) in [5.41, 5.74) is 1.02. The Hall–Kier alpha value is -1.09. The minimum atomic E-state index is -0.280. The van der Waals surface area contributed by atoms with Gasteiger partial charge in [-0.25, -0.2) is 4.39 Å². The third-order valence-corrected chi connectivity index (χ3v) is 3.90. The van der Waals surface area contributed by atoms with Gasteiger partial charge in [-0.15, -0.1) is 0 Å². The van der Waals surface area contributed by atoms with E-state index in [9.17, 15) is 4.39 Å². The van der Waals surface area contributed by atoms with E-state index in [1.807, 2.05) is 6.92 Å². The molecule has 0 atom stereocenters. The van der Waals surface area contributed by atoms with Crippen LogP contribution in [0.5, 0.6) is 5.75 Å². The van der Waals surface area contributed by atoms with Crippen LogP contribution < -0.4 is 10.1 Å². The lowest BCUT2D eigenvalue weighted by Gasteiger charge is -2.27. The summed E-state index contributed by atoms with van der Waals surface area (Å²) in [6.07, 6.45) is 5.12. The first-order chi connectivity index (χ1) is 9.15. The Kier molecular flexibility index (Phi) is 5.20. The van der Waals surface area contributed by atoms with Crippen molar-refractivity contribution in [3.63, 3.8) is 0 Å². The summed E-state index contributed by atoms with van der Waals surface area (Å²) in [5.74, 6) is 0.951. The van der Waals surface area contributed by atoms with Gasteiger partial charge in [-0.05, 0) is 56.2 Å². The zero-order chi connectivity index (χ0) is 13.7. The lowest BCUT2D eigenvalue weighted by Crippen LogP contribution is -2.35. The standard InChI is InChI=1S/C16H24FNO/c1-12-3-6-14(7-4-12)18-9-10-19-16-11-13(2)5-8-15(16)17/h5,8,11-12,14,18H,3-4,6-7,9-10H2,1-2H3. The van der Waals surface area contributed by atoms with E-state index in [4.69, 9.17) is 4.74 Å². The molecular formula is C16H24FNO. The van der Waals surface area contributed by atoms with Crippen LogP contribution >= 0.6 is 0 Å².